The van der Waals surface area contributed by atoms with E-state index in [1.807, 2.05) is 25.7 Å². The Morgan fingerprint density at radius 2 is 2.00 bits per heavy atom. The topological polar surface area (TPSA) is 38.8 Å². The van der Waals surface area contributed by atoms with E-state index >= 15 is 0 Å². The lowest BCUT2D eigenvalue weighted by molar-refractivity contribution is 0.00867. The summed E-state index contributed by atoms with van der Waals surface area (Å²) in [5.74, 6) is 0. The second-order valence-electron chi connectivity index (χ2n) is 6.00. The molecule has 17 heavy (non-hydrogen) atoms. The molecule has 4 nitrogen and oxygen atoms in total. The van der Waals surface area contributed by atoms with Crippen LogP contribution in [-0.2, 0) is 9.47 Å². The Balaban J connectivity index is 1.82. The third kappa shape index (κ3) is 3.87. The van der Waals surface area contributed by atoms with E-state index < -0.39 is 5.60 Å². The van der Waals surface area contributed by atoms with Gasteiger partial charge in [-0.15, -0.1) is 0 Å². The molecule has 98 valence electrons. The molecule has 2 fully saturated rings. The fourth-order valence-electron chi connectivity index (χ4n) is 2.05. The van der Waals surface area contributed by atoms with E-state index in [1.165, 1.54) is 12.8 Å². The van der Waals surface area contributed by atoms with E-state index in [1.54, 1.807) is 0 Å². The lowest BCUT2D eigenvalue weighted by Gasteiger charge is -2.28. The molecule has 1 aliphatic carbocycles. The minimum atomic E-state index is -0.415. The maximum Gasteiger partial charge on any atom is 0.410 e. The summed E-state index contributed by atoms with van der Waals surface area (Å²) in [6, 6.07) is 0.213. The van der Waals surface area contributed by atoms with Crippen LogP contribution in [0.1, 0.15) is 46.5 Å². The van der Waals surface area contributed by atoms with Crippen molar-refractivity contribution in [2.45, 2.75) is 64.2 Å². The van der Waals surface area contributed by atoms with Gasteiger partial charge >= 0.3 is 6.09 Å². The van der Waals surface area contributed by atoms with Gasteiger partial charge in [0.05, 0.1) is 18.8 Å². The highest BCUT2D eigenvalue weighted by molar-refractivity contribution is 5.68. The average Bonchev–Trinajstić information content (AvgIpc) is 2.90. The Morgan fingerprint density at radius 3 is 2.59 bits per heavy atom. The number of ether oxygens (including phenoxy) is 2. The molecule has 2 aliphatic rings. The SMILES string of the molecule is CC(C)(C)OC(=O)N1CCCC1COC1CC1. The summed E-state index contributed by atoms with van der Waals surface area (Å²) in [6.07, 6.45) is 4.71. The molecule has 0 N–H and O–H groups in total. The number of carbonyl (C=O) groups excluding carboxylic acids is 1. The van der Waals surface area contributed by atoms with Gasteiger partial charge in [-0.1, -0.05) is 0 Å². The highest BCUT2D eigenvalue weighted by atomic mass is 16.6. The van der Waals surface area contributed by atoms with Crippen molar-refractivity contribution in [3.63, 3.8) is 0 Å². The standard InChI is InChI=1S/C13H23NO3/c1-13(2,3)17-12(15)14-8-4-5-10(14)9-16-11-6-7-11/h10-11H,4-9H2,1-3H3. The monoisotopic (exact) mass is 241 g/mol. The Hall–Kier alpha value is -0.770. The molecule has 4 heteroatoms. The lowest BCUT2D eigenvalue weighted by Crippen LogP contribution is -2.41. The summed E-state index contributed by atoms with van der Waals surface area (Å²) in [6.45, 7) is 7.17. The maximum absolute atomic E-state index is 12.0. The minimum Gasteiger partial charge on any atom is -0.444 e. The third-order valence-electron chi connectivity index (χ3n) is 3.05. The van der Waals surface area contributed by atoms with E-state index in [2.05, 4.69) is 0 Å². The summed E-state index contributed by atoms with van der Waals surface area (Å²) in [7, 11) is 0. The van der Waals surface area contributed by atoms with Gasteiger partial charge < -0.3 is 14.4 Å². The quantitative estimate of drug-likeness (QED) is 0.762. The van der Waals surface area contributed by atoms with E-state index in [0.717, 1.165) is 19.4 Å². The van der Waals surface area contributed by atoms with Crippen LogP contribution in [0, 0.1) is 0 Å². The number of hydrogen-bond donors (Lipinski definition) is 0. The normalized spacial score (nSPS) is 25.1. The summed E-state index contributed by atoms with van der Waals surface area (Å²) in [4.78, 5) is 13.8. The van der Waals surface area contributed by atoms with Crippen LogP contribution in [-0.4, -0.2) is 41.9 Å². The zero-order valence-corrected chi connectivity index (χ0v) is 11.1. The molecule has 1 saturated carbocycles. The van der Waals surface area contributed by atoms with E-state index in [0.29, 0.717) is 12.7 Å². The molecule has 0 aromatic rings. The largest absolute Gasteiger partial charge is 0.444 e. The molecule has 1 saturated heterocycles. The van der Waals surface area contributed by atoms with Crippen LogP contribution in [0.25, 0.3) is 0 Å². The van der Waals surface area contributed by atoms with Crippen LogP contribution in [0.15, 0.2) is 0 Å². The molecule has 1 unspecified atom stereocenters. The van der Waals surface area contributed by atoms with Crippen molar-refractivity contribution in [1.82, 2.24) is 4.90 Å². The zero-order valence-electron chi connectivity index (χ0n) is 11.1. The molecule has 0 radical (unpaired) electrons. The number of likely N-dealkylation sites (tertiary alicyclic amines) is 1. The molecular weight excluding hydrogens is 218 g/mol. The van der Waals surface area contributed by atoms with Gasteiger partial charge in [0.1, 0.15) is 5.60 Å². The summed E-state index contributed by atoms with van der Waals surface area (Å²) >= 11 is 0. The van der Waals surface area contributed by atoms with Crippen LogP contribution < -0.4 is 0 Å². The Labute approximate surface area is 103 Å². The molecule has 1 heterocycles. The molecule has 0 aromatic heterocycles. The molecule has 1 amide bonds. The van der Waals surface area contributed by atoms with Gasteiger partial charge in [0.15, 0.2) is 0 Å². The minimum absolute atomic E-state index is 0.195. The zero-order chi connectivity index (χ0) is 12.5. The van der Waals surface area contributed by atoms with Crippen molar-refractivity contribution in [1.29, 1.82) is 0 Å². The summed E-state index contributed by atoms with van der Waals surface area (Å²) in [5, 5.41) is 0. The molecular formula is C13H23NO3. The van der Waals surface area contributed by atoms with Crippen LogP contribution in [0.3, 0.4) is 0 Å². The maximum atomic E-state index is 12.0. The first-order valence-electron chi connectivity index (χ1n) is 6.57. The number of nitrogens with zero attached hydrogens (tertiary/aromatic N) is 1. The first-order chi connectivity index (χ1) is 7.96. The van der Waals surface area contributed by atoms with Crippen molar-refractivity contribution in [3.05, 3.63) is 0 Å². The molecule has 1 aliphatic heterocycles. The van der Waals surface area contributed by atoms with Crippen LogP contribution in [0.5, 0.6) is 0 Å². The van der Waals surface area contributed by atoms with Gasteiger partial charge in [0.25, 0.3) is 0 Å². The van der Waals surface area contributed by atoms with Gasteiger partial charge in [0.2, 0.25) is 0 Å². The molecule has 1 atom stereocenters. The van der Waals surface area contributed by atoms with E-state index in [-0.39, 0.29) is 12.1 Å². The predicted molar refractivity (Wildman–Crippen MR) is 64.9 cm³/mol. The predicted octanol–water partition coefficient (Wildman–Crippen LogP) is 2.56. The van der Waals surface area contributed by atoms with E-state index in [9.17, 15) is 4.79 Å². The van der Waals surface area contributed by atoms with Crippen molar-refractivity contribution in [2.24, 2.45) is 0 Å². The molecule has 0 spiro atoms. The van der Waals surface area contributed by atoms with Gasteiger partial charge in [-0.25, -0.2) is 4.79 Å². The molecule has 0 aromatic carbocycles. The van der Waals surface area contributed by atoms with Gasteiger partial charge in [-0.3, -0.25) is 0 Å². The van der Waals surface area contributed by atoms with Crippen molar-refractivity contribution < 1.29 is 14.3 Å². The van der Waals surface area contributed by atoms with Crippen LogP contribution in [0.4, 0.5) is 4.79 Å². The fourth-order valence-corrected chi connectivity index (χ4v) is 2.05. The first-order valence-corrected chi connectivity index (χ1v) is 6.57. The Bertz CT molecular complexity index is 281. The van der Waals surface area contributed by atoms with E-state index in [4.69, 9.17) is 9.47 Å². The Morgan fingerprint density at radius 1 is 1.29 bits per heavy atom. The summed E-state index contributed by atoms with van der Waals surface area (Å²) in [5.41, 5.74) is -0.415. The number of hydrogen-bond acceptors (Lipinski definition) is 3. The first kappa shape index (κ1) is 12.7. The lowest BCUT2D eigenvalue weighted by atomic mass is 10.2. The molecule has 2 rings (SSSR count). The molecule has 0 bridgehead atoms. The van der Waals surface area contributed by atoms with Crippen LogP contribution in [0.2, 0.25) is 0 Å². The third-order valence-corrected chi connectivity index (χ3v) is 3.05. The fraction of sp³-hybridized carbons (Fsp3) is 0.923. The number of amides is 1. The van der Waals surface area contributed by atoms with Gasteiger partial charge in [-0.2, -0.15) is 0 Å². The smallest absolute Gasteiger partial charge is 0.410 e. The van der Waals surface area contributed by atoms with Crippen molar-refractivity contribution >= 4 is 6.09 Å². The summed E-state index contributed by atoms with van der Waals surface area (Å²) < 4.78 is 11.1. The van der Waals surface area contributed by atoms with Crippen molar-refractivity contribution in [3.8, 4) is 0 Å². The second kappa shape index (κ2) is 4.84. The highest BCUT2D eigenvalue weighted by Gasteiger charge is 2.33. The second-order valence-corrected chi connectivity index (χ2v) is 6.00. The van der Waals surface area contributed by atoms with Crippen molar-refractivity contribution in [2.75, 3.05) is 13.2 Å². The Kier molecular flexibility index (Phi) is 3.61. The highest BCUT2D eigenvalue weighted by Crippen LogP contribution is 2.26. The average molecular weight is 241 g/mol. The number of rotatable bonds is 3. The van der Waals surface area contributed by atoms with Gasteiger partial charge in [0, 0.05) is 6.54 Å². The number of carbonyl (C=O) groups is 1. The van der Waals surface area contributed by atoms with Crippen LogP contribution >= 0.6 is 0 Å². The van der Waals surface area contributed by atoms with Gasteiger partial charge in [-0.05, 0) is 46.5 Å².